The number of hydrogen-bond donors (Lipinski definition) is 2. The van der Waals surface area contributed by atoms with Crippen LogP contribution in [-0.2, 0) is 16.6 Å². The summed E-state index contributed by atoms with van der Waals surface area (Å²) in [6, 6.07) is 11.7. The summed E-state index contributed by atoms with van der Waals surface area (Å²) in [5, 5.41) is 9.93. The van der Waals surface area contributed by atoms with Crippen molar-refractivity contribution in [2.24, 2.45) is 7.05 Å². The molecule has 0 bridgehead atoms. The number of amides is 2. The first-order chi connectivity index (χ1) is 11.5. The Morgan fingerprint density at radius 1 is 1.38 bits per heavy atom. The minimum Gasteiger partial charge on any atom is -0.353 e. The van der Waals surface area contributed by atoms with Crippen molar-refractivity contribution in [3.63, 3.8) is 0 Å². The van der Waals surface area contributed by atoms with E-state index >= 15 is 0 Å². The second-order valence-electron chi connectivity index (χ2n) is 5.98. The Morgan fingerprint density at radius 3 is 2.79 bits per heavy atom. The zero-order valence-electron chi connectivity index (χ0n) is 13.8. The van der Waals surface area contributed by atoms with Gasteiger partial charge in [-0.15, -0.1) is 0 Å². The number of rotatable bonds is 4. The van der Waals surface area contributed by atoms with Gasteiger partial charge in [0.1, 0.15) is 5.82 Å². The molecule has 1 unspecified atom stereocenters. The Morgan fingerprint density at radius 2 is 2.12 bits per heavy atom. The minimum absolute atomic E-state index is 0.0112. The van der Waals surface area contributed by atoms with E-state index in [-0.39, 0.29) is 30.9 Å². The van der Waals surface area contributed by atoms with Crippen molar-refractivity contribution >= 4 is 17.6 Å². The Labute approximate surface area is 140 Å². The fraction of sp³-hybridized carbons (Fsp3) is 0.353. The number of piperazine rings is 1. The molecule has 1 fully saturated rings. The Hall–Kier alpha value is -2.67. The van der Waals surface area contributed by atoms with E-state index < -0.39 is 0 Å². The maximum atomic E-state index is 12.4. The highest BCUT2D eigenvalue weighted by molar-refractivity contribution is 5.92. The van der Waals surface area contributed by atoms with Crippen molar-refractivity contribution in [3.05, 3.63) is 47.7 Å². The quantitative estimate of drug-likeness (QED) is 0.872. The molecule has 1 aliphatic rings. The summed E-state index contributed by atoms with van der Waals surface area (Å²) in [5.41, 5.74) is 1.92. The van der Waals surface area contributed by atoms with E-state index in [9.17, 15) is 9.59 Å². The van der Waals surface area contributed by atoms with Crippen LogP contribution in [0.5, 0.6) is 0 Å². The largest absolute Gasteiger partial charge is 0.353 e. The summed E-state index contributed by atoms with van der Waals surface area (Å²) in [6.07, 6.45) is 0. The van der Waals surface area contributed by atoms with Gasteiger partial charge in [0.25, 0.3) is 0 Å². The summed E-state index contributed by atoms with van der Waals surface area (Å²) in [6.45, 7) is 2.73. The fourth-order valence-electron chi connectivity index (χ4n) is 2.95. The summed E-state index contributed by atoms with van der Waals surface area (Å²) in [4.78, 5) is 26.0. The lowest BCUT2D eigenvalue weighted by atomic mass is 10.0. The highest BCUT2D eigenvalue weighted by Gasteiger charge is 2.29. The molecule has 0 radical (unpaired) electrons. The Kier molecular flexibility index (Phi) is 4.61. The second-order valence-corrected chi connectivity index (χ2v) is 5.98. The van der Waals surface area contributed by atoms with E-state index in [0.717, 1.165) is 11.3 Å². The molecule has 1 saturated heterocycles. The second kappa shape index (κ2) is 6.84. The number of aryl methyl sites for hydroxylation is 2. The van der Waals surface area contributed by atoms with Crippen LogP contribution in [-0.4, -0.2) is 46.1 Å². The Bertz CT molecular complexity index is 741. The zero-order valence-corrected chi connectivity index (χ0v) is 13.8. The van der Waals surface area contributed by atoms with Crippen molar-refractivity contribution in [3.8, 4) is 0 Å². The summed E-state index contributed by atoms with van der Waals surface area (Å²) in [5.74, 6) is 0.426. The van der Waals surface area contributed by atoms with Gasteiger partial charge in [0.05, 0.1) is 24.8 Å². The normalized spacial score (nSPS) is 18.2. The van der Waals surface area contributed by atoms with Gasteiger partial charge in [-0.2, -0.15) is 5.10 Å². The topological polar surface area (TPSA) is 79.3 Å². The lowest BCUT2D eigenvalue weighted by molar-refractivity contribution is -0.127. The molecule has 0 aliphatic carbocycles. The van der Waals surface area contributed by atoms with Crippen molar-refractivity contribution in [1.82, 2.24) is 20.0 Å². The maximum absolute atomic E-state index is 12.4. The van der Waals surface area contributed by atoms with Crippen LogP contribution in [0.15, 0.2) is 36.4 Å². The molecule has 7 nitrogen and oxygen atoms in total. The van der Waals surface area contributed by atoms with Crippen LogP contribution in [0.2, 0.25) is 0 Å². The molecule has 1 aromatic carbocycles. The van der Waals surface area contributed by atoms with E-state index in [2.05, 4.69) is 15.7 Å². The van der Waals surface area contributed by atoms with E-state index in [4.69, 9.17) is 0 Å². The van der Waals surface area contributed by atoms with Crippen LogP contribution in [0.25, 0.3) is 0 Å². The molecule has 0 saturated carbocycles. The van der Waals surface area contributed by atoms with Gasteiger partial charge in [0, 0.05) is 19.7 Å². The average Bonchev–Trinajstić information content (AvgIpc) is 2.85. The van der Waals surface area contributed by atoms with Gasteiger partial charge < -0.3 is 10.6 Å². The predicted octanol–water partition coefficient (Wildman–Crippen LogP) is 0.840. The highest BCUT2D eigenvalue weighted by atomic mass is 16.2. The van der Waals surface area contributed by atoms with Gasteiger partial charge in [-0.05, 0) is 12.5 Å². The van der Waals surface area contributed by atoms with E-state index in [1.54, 1.807) is 11.7 Å². The molecule has 2 amide bonds. The fourth-order valence-corrected chi connectivity index (χ4v) is 2.95. The number of anilines is 1. The van der Waals surface area contributed by atoms with Crippen molar-refractivity contribution < 1.29 is 9.59 Å². The zero-order chi connectivity index (χ0) is 17.1. The van der Waals surface area contributed by atoms with E-state index in [1.165, 1.54) is 0 Å². The standard InChI is InChI=1S/C17H21N5O2/c1-12-8-15(21(2)20-12)19-17(24)11-22-10-16(23)18-9-14(22)13-6-4-3-5-7-13/h3-8,14H,9-11H2,1-2H3,(H,18,23)(H,19,24). The molecular weight excluding hydrogens is 306 g/mol. The van der Waals surface area contributed by atoms with Crippen LogP contribution in [0, 0.1) is 6.92 Å². The molecule has 0 spiro atoms. The van der Waals surface area contributed by atoms with Crippen LogP contribution in [0.4, 0.5) is 5.82 Å². The summed E-state index contributed by atoms with van der Waals surface area (Å²) in [7, 11) is 1.78. The van der Waals surface area contributed by atoms with Crippen LogP contribution in [0.3, 0.4) is 0 Å². The molecule has 1 aromatic heterocycles. The lowest BCUT2D eigenvalue weighted by Crippen LogP contribution is -2.51. The van der Waals surface area contributed by atoms with Crippen molar-refractivity contribution in [2.45, 2.75) is 13.0 Å². The lowest BCUT2D eigenvalue weighted by Gasteiger charge is -2.35. The molecule has 24 heavy (non-hydrogen) atoms. The van der Waals surface area contributed by atoms with Gasteiger partial charge in [-0.3, -0.25) is 19.2 Å². The smallest absolute Gasteiger partial charge is 0.239 e. The molecule has 2 heterocycles. The van der Waals surface area contributed by atoms with Crippen LogP contribution in [0.1, 0.15) is 17.3 Å². The predicted molar refractivity (Wildman–Crippen MR) is 90.3 cm³/mol. The van der Waals surface area contributed by atoms with Crippen LogP contribution >= 0.6 is 0 Å². The number of nitrogens with zero attached hydrogens (tertiary/aromatic N) is 3. The Balaban J connectivity index is 1.71. The number of carbonyl (C=O) groups is 2. The van der Waals surface area contributed by atoms with Crippen molar-refractivity contribution in [2.75, 3.05) is 25.0 Å². The summed E-state index contributed by atoms with van der Waals surface area (Å²) < 4.78 is 1.63. The molecule has 2 aromatic rings. The van der Waals surface area contributed by atoms with E-state index in [0.29, 0.717) is 12.4 Å². The number of carbonyl (C=O) groups excluding carboxylic acids is 2. The van der Waals surface area contributed by atoms with Crippen LogP contribution < -0.4 is 10.6 Å². The first-order valence-electron chi connectivity index (χ1n) is 7.89. The van der Waals surface area contributed by atoms with Gasteiger partial charge in [-0.25, -0.2) is 0 Å². The molecule has 2 N–H and O–H groups in total. The van der Waals surface area contributed by atoms with Gasteiger partial charge in [0.15, 0.2) is 0 Å². The first-order valence-corrected chi connectivity index (χ1v) is 7.89. The third kappa shape index (κ3) is 3.62. The number of hydrogen-bond acceptors (Lipinski definition) is 4. The number of benzene rings is 1. The maximum Gasteiger partial charge on any atom is 0.239 e. The summed E-state index contributed by atoms with van der Waals surface area (Å²) >= 11 is 0. The molecule has 1 aliphatic heterocycles. The number of nitrogens with one attached hydrogen (secondary N) is 2. The SMILES string of the molecule is Cc1cc(NC(=O)CN2CC(=O)NCC2c2ccccc2)n(C)n1. The van der Waals surface area contributed by atoms with Crippen molar-refractivity contribution in [1.29, 1.82) is 0 Å². The van der Waals surface area contributed by atoms with Gasteiger partial charge in [-0.1, -0.05) is 30.3 Å². The molecule has 1 atom stereocenters. The molecule has 126 valence electrons. The third-order valence-corrected chi connectivity index (χ3v) is 4.08. The minimum atomic E-state index is -0.159. The number of aromatic nitrogens is 2. The van der Waals surface area contributed by atoms with Gasteiger partial charge >= 0.3 is 0 Å². The van der Waals surface area contributed by atoms with Gasteiger partial charge in [0.2, 0.25) is 11.8 Å². The molecule has 7 heteroatoms. The average molecular weight is 327 g/mol. The first kappa shape index (κ1) is 16.2. The third-order valence-electron chi connectivity index (χ3n) is 4.08. The molecule has 3 rings (SSSR count). The monoisotopic (exact) mass is 327 g/mol. The molecular formula is C17H21N5O2. The highest BCUT2D eigenvalue weighted by Crippen LogP contribution is 2.22. The van der Waals surface area contributed by atoms with E-state index in [1.807, 2.05) is 48.2 Å².